The number of carbonyl (C=O) groups is 1. The minimum absolute atomic E-state index is 0.436. The van der Waals surface area contributed by atoms with Crippen LogP contribution in [0, 0.1) is 0 Å². The SMILES string of the molecule is CON(CC[NH3+])C(=O)OC(C)(C)C. The van der Waals surface area contributed by atoms with Gasteiger partial charge in [0.05, 0.1) is 13.7 Å². The van der Waals surface area contributed by atoms with E-state index in [1.54, 1.807) is 0 Å². The largest absolute Gasteiger partial charge is 0.442 e. The van der Waals surface area contributed by atoms with Gasteiger partial charge in [0.1, 0.15) is 12.1 Å². The van der Waals surface area contributed by atoms with Gasteiger partial charge in [0.2, 0.25) is 0 Å². The summed E-state index contributed by atoms with van der Waals surface area (Å²) in [7, 11) is 1.43. The number of rotatable bonds is 3. The van der Waals surface area contributed by atoms with Gasteiger partial charge in [-0.05, 0) is 20.8 Å². The van der Waals surface area contributed by atoms with Gasteiger partial charge in [-0.1, -0.05) is 0 Å². The van der Waals surface area contributed by atoms with Crippen molar-refractivity contribution < 1.29 is 20.1 Å². The van der Waals surface area contributed by atoms with Crippen LogP contribution in [0.3, 0.4) is 0 Å². The first kappa shape index (κ1) is 12.2. The summed E-state index contributed by atoms with van der Waals surface area (Å²) >= 11 is 0. The number of carbonyl (C=O) groups excluding carboxylic acids is 1. The van der Waals surface area contributed by atoms with Gasteiger partial charge in [-0.15, -0.1) is 0 Å². The highest BCUT2D eigenvalue weighted by Gasteiger charge is 2.21. The molecule has 78 valence electrons. The first-order chi connectivity index (χ1) is 5.90. The number of amides is 1. The van der Waals surface area contributed by atoms with Crippen LogP contribution in [0.15, 0.2) is 0 Å². The topological polar surface area (TPSA) is 66.4 Å². The number of hydrogen-bond donors (Lipinski definition) is 1. The van der Waals surface area contributed by atoms with Gasteiger partial charge in [0, 0.05) is 0 Å². The lowest BCUT2D eigenvalue weighted by molar-refractivity contribution is -0.374. The Kier molecular flexibility index (Phi) is 4.72. The van der Waals surface area contributed by atoms with Crippen molar-refractivity contribution in [3.05, 3.63) is 0 Å². The molecule has 0 bridgehead atoms. The van der Waals surface area contributed by atoms with E-state index in [0.717, 1.165) is 5.06 Å². The molecule has 0 saturated carbocycles. The van der Waals surface area contributed by atoms with Crippen LogP contribution in [0.2, 0.25) is 0 Å². The predicted molar refractivity (Wildman–Crippen MR) is 47.7 cm³/mol. The van der Waals surface area contributed by atoms with Crippen molar-refractivity contribution in [2.45, 2.75) is 26.4 Å². The maximum Gasteiger partial charge on any atom is 0.434 e. The molecule has 0 atom stereocenters. The fourth-order valence-corrected chi connectivity index (χ4v) is 0.714. The lowest BCUT2D eigenvalue weighted by atomic mass is 10.2. The molecule has 0 saturated heterocycles. The standard InChI is InChI=1S/C8H18N2O3/c1-8(2,3)13-7(11)10(12-4)6-5-9/h5-6,9H2,1-4H3/p+1. The molecule has 3 N–H and O–H groups in total. The molecular weight excluding hydrogens is 172 g/mol. The Labute approximate surface area is 78.7 Å². The summed E-state index contributed by atoms with van der Waals surface area (Å²) < 4.78 is 5.08. The summed E-state index contributed by atoms with van der Waals surface area (Å²) in [6.07, 6.45) is -0.473. The zero-order valence-corrected chi connectivity index (χ0v) is 8.79. The molecule has 0 rings (SSSR count). The van der Waals surface area contributed by atoms with Crippen molar-refractivity contribution in [1.82, 2.24) is 5.06 Å². The summed E-state index contributed by atoms with van der Waals surface area (Å²) in [5.41, 5.74) is 3.13. The van der Waals surface area contributed by atoms with Gasteiger partial charge in [0.15, 0.2) is 0 Å². The Morgan fingerprint density at radius 2 is 2.00 bits per heavy atom. The molecule has 0 heterocycles. The lowest BCUT2D eigenvalue weighted by Crippen LogP contribution is -2.55. The monoisotopic (exact) mass is 191 g/mol. The van der Waals surface area contributed by atoms with Gasteiger partial charge in [0.25, 0.3) is 0 Å². The Balaban J connectivity index is 4.06. The van der Waals surface area contributed by atoms with Crippen LogP contribution in [0.5, 0.6) is 0 Å². The number of hydroxylamine groups is 2. The molecule has 0 radical (unpaired) electrons. The molecule has 0 aromatic carbocycles. The van der Waals surface area contributed by atoms with E-state index in [0.29, 0.717) is 13.1 Å². The summed E-state index contributed by atoms with van der Waals surface area (Å²) in [5, 5.41) is 1.15. The molecule has 0 unspecified atom stereocenters. The van der Waals surface area contributed by atoms with Gasteiger partial charge in [-0.2, -0.15) is 5.06 Å². The third kappa shape index (κ3) is 5.43. The number of ether oxygens (including phenoxy) is 1. The highest BCUT2D eigenvalue weighted by Crippen LogP contribution is 2.09. The van der Waals surface area contributed by atoms with Crippen LogP contribution in [0.25, 0.3) is 0 Å². The molecule has 1 amide bonds. The van der Waals surface area contributed by atoms with E-state index in [9.17, 15) is 4.79 Å². The highest BCUT2D eigenvalue weighted by molar-refractivity contribution is 5.66. The molecule has 0 aliphatic rings. The number of hydrogen-bond acceptors (Lipinski definition) is 3. The van der Waals surface area contributed by atoms with E-state index in [1.807, 2.05) is 20.8 Å². The second-order valence-electron chi connectivity index (χ2n) is 3.62. The van der Waals surface area contributed by atoms with Crippen molar-refractivity contribution in [2.24, 2.45) is 0 Å². The number of nitrogens with zero attached hydrogens (tertiary/aromatic N) is 1. The van der Waals surface area contributed by atoms with Crippen LogP contribution >= 0.6 is 0 Å². The average molecular weight is 191 g/mol. The molecular formula is C8H19N2O3+. The maximum absolute atomic E-state index is 11.3. The Bertz CT molecular complexity index is 165. The second kappa shape index (κ2) is 5.04. The first-order valence-corrected chi connectivity index (χ1v) is 4.24. The quantitative estimate of drug-likeness (QED) is 0.640. The third-order valence-electron chi connectivity index (χ3n) is 1.18. The van der Waals surface area contributed by atoms with Crippen molar-refractivity contribution in [3.8, 4) is 0 Å². The average Bonchev–Trinajstić information content (AvgIpc) is 1.96. The van der Waals surface area contributed by atoms with E-state index in [2.05, 4.69) is 5.73 Å². The molecule has 5 nitrogen and oxygen atoms in total. The molecule has 0 aliphatic carbocycles. The summed E-state index contributed by atoms with van der Waals surface area (Å²) in [4.78, 5) is 16.1. The lowest BCUT2D eigenvalue weighted by Gasteiger charge is -2.24. The summed E-state index contributed by atoms with van der Waals surface area (Å²) in [6, 6.07) is 0. The van der Waals surface area contributed by atoms with Gasteiger partial charge >= 0.3 is 6.09 Å². The number of quaternary nitrogens is 1. The van der Waals surface area contributed by atoms with Crippen molar-refractivity contribution in [1.29, 1.82) is 0 Å². The van der Waals surface area contributed by atoms with E-state index < -0.39 is 11.7 Å². The van der Waals surface area contributed by atoms with Crippen molar-refractivity contribution in [3.63, 3.8) is 0 Å². The molecule has 0 aliphatic heterocycles. The normalized spacial score (nSPS) is 11.2. The summed E-state index contributed by atoms with van der Waals surface area (Å²) in [6.45, 7) is 6.45. The molecule has 0 fully saturated rings. The maximum atomic E-state index is 11.3. The fourth-order valence-electron chi connectivity index (χ4n) is 0.714. The van der Waals surface area contributed by atoms with E-state index >= 15 is 0 Å². The molecule has 5 heteroatoms. The Morgan fingerprint density at radius 3 is 2.31 bits per heavy atom. The zero-order chi connectivity index (χ0) is 10.5. The molecule has 0 spiro atoms. The smallest absolute Gasteiger partial charge is 0.434 e. The van der Waals surface area contributed by atoms with Crippen LogP contribution in [0.4, 0.5) is 4.79 Å². The first-order valence-electron chi connectivity index (χ1n) is 4.24. The minimum Gasteiger partial charge on any atom is -0.442 e. The van der Waals surface area contributed by atoms with E-state index in [-0.39, 0.29) is 0 Å². The van der Waals surface area contributed by atoms with Crippen LogP contribution in [-0.4, -0.2) is 37.0 Å². The Morgan fingerprint density at radius 1 is 1.46 bits per heavy atom. The second-order valence-corrected chi connectivity index (χ2v) is 3.62. The van der Waals surface area contributed by atoms with Crippen LogP contribution < -0.4 is 5.73 Å². The predicted octanol–water partition coefficient (Wildman–Crippen LogP) is 0.0268. The van der Waals surface area contributed by atoms with Crippen molar-refractivity contribution in [2.75, 3.05) is 20.2 Å². The molecule has 13 heavy (non-hydrogen) atoms. The fraction of sp³-hybridized carbons (Fsp3) is 0.875. The zero-order valence-electron chi connectivity index (χ0n) is 8.79. The Hall–Kier alpha value is -0.810. The van der Waals surface area contributed by atoms with E-state index in [4.69, 9.17) is 9.57 Å². The van der Waals surface area contributed by atoms with Gasteiger partial charge in [-0.25, -0.2) is 4.79 Å². The third-order valence-corrected chi connectivity index (χ3v) is 1.18. The van der Waals surface area contributed by atoms with Crippen LogP contribution in [0.1, 0.15) is 20.8 Å². The van der Waals surface area contributed by atoms with Crippen molar-refractivity contribution >= 4 is 6.09 Å². The van der Waals surface area contributed by atoms with Crippen LogP contribution in [-0.2, 0) is 9.57 Å². The minimum atomic E-state index is -0.491. The molecule has 0 aromatic heterocycles. The van der Waals surface area contributed by atoms with Gasteiger partial charge in [-0.3, -0.25) is 4.84 Å². The highest BCUT2D eigenvalue weighted by atomic mass is 16.7. The molecule has 0 aromatic rings. The summed E-state index contributed by atoms with van der Waals surface area (Å²) in [5.74, 6) is 0. The van der Waals surface area contributed by atoms with Gasteiger partial charge < -0.3 is 10.5 Å². The van der Waals surface area contributed by atoms with E-state index in [1.165, 1.54) is 7.11 Å².